The Kier molecular flexibility index (Phi) is 29.9. The molecule has 7 rings (SSSR count). The van der Waals surface area contributed by atoms with E-state index in [9.17, 15) is 87.2 Å². The number of unbranched alkanes of at least 4 members (excludes halogenated alkanes) is 1. The second kappa shape index (κ2) is 38.6. The SMILES string of the molecule is CC(C)C[C@H](NC(=O)[C@@H]1CCCN1C(=O)[C@@H]1CCCN1C(=O)[C@@H]1CCCN1C(=O)[C@H](CCCCN)NC(=O)[C@H](Cc1cnc[nH]1)NC(=O)[C@H](CCC(=O)O)NC(=O)[C@@H](N)Cc1cnc[nH]1)C(=O)N[C@H](C(=O)N[C@@H](CC(N)=O)C(=O)N[C@@H](CC(N)=O)C(=O)N[C@@H](Cc1c[nH]c2ccccc12)C(=O)O)[C@@H](C)O. The van der Waals surface area contributed by atoms with E-state index in [4.69, 9.17) is 22.9 Å². The van der Waals surface area contributed by atoms with E-state index in [0.29, 0.717) is 60.0 Å². The number of likely N-dealkylation sites (tertiary alicyclic amines) is 3. The number of aromatic nitrogens is 5. The lowest BCUT2D eigenvalue weighted by Crippen LogP contribution is -2.62. The van der Waals surface area contributed by atoms with Gasteiger partial charge in [-0.3, -0.25) is 67.1 Å². The third-order valence-electron chi connectivity index (χ3n) is 18.5. The van der Waals surface area contributed by atoms with Gasteiger partial charge in [0.25, 0.3) is 0 Å². The van der Waals surface area contributed by atoms with E-state index in [-0.39, 0.29) is 83.5 Å². The fraction of sp³-hybridized carbons (Fsp3) is 0.567. The van der Waals surface area contributed by atoms with Crippen LogP contribution < -0.4 is 65.5 Å². The topological polar surface area (TPSA) is 600 Å². The molecule has 38 nitrogen and oxygen atoms in total. The molecule has 0 bridgehead atoms. The van der Waals surface area contributed by atoms with Crippen LogP contribution in [0.4, 0.5) is 0 Å². The Bertz CT molecular complexity index is 3750. The first-order valence-corrected chi connectivity index (χ1v) is 34.9. The predicted octanol–water partition coefficient (Wildman–Crippen LogP) is -4.92. The minimum atomic E-state index is -1.94. The molecule has 3 saturated heterocycles. The van der Waals surface area contributed by atoms with Crippen molar-refractivity contribution in [2.24, 2.45) is 28.9 Å². The number of carbonyl (C=O) groups is 15. The van der Waals surface area contributed by atoms with Crippen molar-refractivity contribution in [3.05, 3.63) is 72.5 Å². The Labute approximate surface area is 602 Å². The third-order valence-corrected chi connectivity index (χ3v) is 18.5. The molecule has 3 fully saturated rings. The zero-order chi connectivity index (χ0) is 76.8. The number of para-hydroxylation sites is 1. The molecule has 3 aromatic heterocycles. The minimum absolute atomic E-state index is 0.00455. The normalized spacial score (nSPS) is 18.6. The summed E-state index contributed by atoms with van der Waals surface area (Å²) in [7, 11) is 0. The predicted molar refractivity (Wildman–Crippen MR) is 370 cm³/mol. The second-order valence-corrected chi connectivity index (χ2v) is 27.0. The molecule has 105 heavy (non-hydrogen) atoms. The van der Waals surface area contributed by atoms with Gasteiger partial charge in [0.15, 0.2) is 0 Å². The molecule has 3 aliphatic rings. The largest absolute Gasteiger partial charge is 0.481 e. The summed E-state index contributed by atoms with van der Waals surface area (Å²) in [5.41, 5.74) is 25.0. The molecule has 13 amide bonds. The number of aliphatic hydroxyl groups is 1. The third kappa shape index (κ3) is 23.1. The summed E-state index contributed by atoms with van der Waals surface area (Å²) in [5.74, 6) is -15.2. The van der Waals surface area contributed by atoms with Crippen LogP contribution in [-0.4, -0.2) is 248 Å². The van der Waals surface area contributed by atoms with Crippen LogP contribution in [0.5, 0.6) is 0 Å². The van der Waals surface area contributed by atoms with Crippen molar-refractivity contribution in [1.29, 1.82) is 0 Å². The molecule has 13 atom stereocenters. The molecule has 3 aliphatic heterocycles. The van der Waals surface area contributed by atoms with Gasteiger partial charge in [-0.1, -0.05) is 32.0 Å². The van der Waals surface area contributed by atoms with Crippen LogP contribution >= 0.6 is 0 Å². The number of carboxylic acids is 2. The monoisotopic (exact) mass is 1470 g/mol. The summed E-state index contributed by atoms with van der Waals surface area (Å²) in [4.78, 5) is 226. The minimum Gasteiger partial charge on any atom is -0.481 e. The lowest BCUT2D eigenvalue weighted by atomic mass is 10.0. The van der Waals surface area contributed by atoms with E-state index in [1.54, 1.807) is 44.3 Å². The van der Waals surface area contributed by atoms with Crippen LogP contribution in [0.1, 0.15) is 128 Å². The van der Waals surface area contributed by atoms with Crippen molar-refractivity contribution in [3.63, 3.8) is 0 Å². The number of benzene rings is 1. The fourth-order valence-corrected chi connectivity index (χ4v) is 13.1. The second-order valence-electron chi connectivity index (χ2n) is 27.0. The molecule has 38 heteroatoms. The molecule has 22 N–H and O–H groups in total. The first-order chi connectivity index (χ1) is 49.9. The number of imidazole rings is 2. The van der Waals surface area contributed by atoms with Gasteiger partial charge in [-0.15, -0.1) is 0 Å². The molecule has 572 valence electrons. The van der Waals surface area contributed by atoms with Gasteiger partial charge in [0.1, 0.15) is 66.5 Å². The molecule has 0 saturated carbocycles. The summed E-state index contributed by atoms with van der Waals surface area (Å²) in [5, 5.41) is 51.0. The molecule has 0 aliphatic carbocycles. The lowest BCUT2D eigenvalue weighted by molar-refractivity contribution is -0.151. The molecule has 0 unspecified atom stereocenters. The van der Waals surface area contributed by atoms with Crippen molar-refractivity contribution in [1.82, 2.24) is 82.2 Å². The van der Waals surface area contributed by atoms with Gasteiger partial charge in [0.05, 0.1) is 37.6 Å². The summed E-state index contributed by atoms with van der Waals surface area (Å²) >= 11 is 0. The summed E-state index contributed by atoms with van der Waals surface area (Å²) in [6, 6.07) is -10.6. The number of aliphatic hydroxyl groups excluding tert-OH is 1. The number of hydrogen-bond acceptors (Lipinski definition) is 20. The first kappa shape index (κ1) is 81.4. The average Bonchev–Trinajstić information content (AvgIpc) is 1.67. The molecule has 0 spiro atoms. The van der Waals surface area contributed by atoms with Gasteiger partial charge >= 0.3 is 11.9 Å². The number of amides is 13. The van der Waals surface area contributed by atoms with E-state index in [1.165, 1.54) is 39.7 Å². The van der Waals surface area contributed by atoms with Crippen molar-refractivity contribution >= 4 is 99.6 Å². The lowest BCUT2D eigenvalue weighted by Gasteiger charge is -2.35. The number of nitrogens with two attached hydrogens (primary N) is 4. The number of aliphatic carboxylic acids is 2. The zero-order valence-electron chi connectivity index (χ0n) is 58.6. The van der Waals surface area contributed by atoms with Gasteiger partial charge in [0.2, 0.25) is 76.8 Å². The van der Waals surface area contributed by atoms with Gasteiger partial charge in [-0.2, -0.15) is 0 Å². The van der Waals surface area contributed by atoms with Crippen LogP contribution in [0.3, 0.4) is 0 Å². The summed E-state index contributed by atoms with van der Waals surface area (Å²) in [6.07, 6.45) is 4.46. The van der Waals surface area contributed by atoms with E-state index in [0.717, 1.165) is 6.92 Å². The fourth-order valence-electron chi connectivity index (χ4n) is 13.1. The number of hydrogen-bond donors (Lipinski definition) is 18. The maximum Gasteiger partial charge on any atom is 0.326 e. The molecular formula is C67H96N20O18. The van der Waals surface area contributed by atoms with Crippen molar-refractivity contribution in [3.8, 4) is 0 Å². The van der Waals surface area contributed by atoms with Crippen LogP contribution in [-0.2, 0) is 91.2 Å². The Morgan fingerprint density at radius 1 is 0.552 bits per heavy atom. The number of carbonyl (C=O) groups excluding carboxylic acids is 13. The molecule has 6 heterocycles. The number of carboxylic acid groups (broad SMARTS) is 2. The highest BCUT2D eigenvalue weighted by Crippen LogP contribution is 2.30. The van der Waals surface area contributed by atoms with E-state index >= 15 is 0 Å². The Hall–Kier alpha value is -10.9. The number of fused-ring (bicyclic) bond motifs is 1. The number of nitrogens with one attached hydrogen (secondary N) is 11. The van der Waals surface area contributed by atoms with Crippen molar-refractivity contribution in [2.75, 3.05) is 26.2 Å². The van der Waals surface area contributed by atoms with E-state index in [1.807, 2.05) is 0 Å². The maximum absolute atomic E-state index is 14.9. The highest BCUT2D eigenvalue weighted by atomic mass is 16.4. The summed E-state index contributed by atoms with van der Waals surface area (Å²) < 4.78 is 0. The molecule has 0 radical (unpaired) electrons. The first-order valence-electron chi connectivity index (χ1n) is 34.9. The highest BCUT2D eigenvalue weighted by molar-refractivity contribution is 6.01. The number of aromatic amines is 3. The number of nitrogens with zero attached hydrogens (tertiary/aromatic N) is 5. The standard InChI is InChI=1S/C67H96N20O18/c1-34(2)23-44(61(98)84-55(35(3)88)63(100)82-47(28-53(71)90)59(96)80-46(27-52(70)89)60(97)83-48(67(104)105)24-36-29-74-41-12-5-4-11-39(36)41)81-62(99)49-14-8-20-85(49)65(102)51-16-10-22-87(51)66(103)50-15-9-21-86(50)64(101)43(13-6-7-19-68)78-58(95)45(26-38-31-73-33-76-38)79-57(94)42(17-18-54(91)92)77-56(93)40(69)25-37-30-72-32-75-37/h4-5,11-12,29-35,40,42-51,55,74,88H,6-10,13-28,68-69H2,1-3H3,(H2,70,89)(H2,71,90)(H,72,75)(H,73,76)(H,77,93)(H,78,95)(H,79,94)(H,80,96)(H,81,99)(H,82,100)(H,83,97)(H,84,98)(H,91,92)(H,104,105)/t35-,40+,42+,43+,44+,45+,46+,47+,48+,49+,50+,51+,55+/m1/s1. The maximum atomic E-state index is 14.9. The molecule has 4 aromatic rings. The average molecular weight is 1470 g/mol. The van der Waals surface area contributed by atoms with Gasteiger partial charge in [0, 0.05) is 86.2 Å². The van der Waals surface area contributed by atoms with Crippen molar-refractivity contribution in [2.45, 2.75) is 209 Å². The van der Waals surface area contributed by atoms with Crippen LogP contribution in [0.25, 0.3) is 10.9 Å². The molecule has 1 aromatic carbocycles. The van der Waals surface area contributed by atoms with Crippen LogP contribution in [0.2, 0.25) is 0 Å². The Morgan fingerprint density at radius 3 is 1.62 bits per heavy atom. The smallest absolute Gasteiger partial charge is 0.326 e. The number of primary amides is 2. The van der Waals surface area contributed by atoms with Gasteiger partial charge in [-0.25, -0.2) is 14.8 Å². The number of rotatable bonds is 40. The summed E-state index contributed by atoms with van der Waals surface area (Å²) in [6.45, 7) is 5.06. The van der Waals surface area contributed by atoms with Crippen LogP contribution in [0.15, 0.2) is 55.5 Å². The molecular weight excluding hydrogens is 1370 g/mol. The highest BCUT2D eigenvalue weighted by Gasteiger charge is 2.48. The Morgan fingerprint density at radius 2 is 1.06 bits per heavy atom. The van der Waals surface area contributed by atoms with Crippen molar-refractivity contribution < 1.29 is 87.2 Å². The number of H-pyrrole nitrogens is 3. The van der Waals surface area contributed by atoms with Gasteiger partial charge < -0.3 is 110 Å². The van der Waals surface area contributed by atoms with Crippen LogP contribution in [0, 0.1) is 5.92 Å². The van der Waals surface area contributed by atoms with E-state index < -0.39 is 193 Å². The van der Waals surface area contributed by atoms with E-state index in [2.05, 4.69) is 67.5 Å². The van der Waals surface area contributed by atoms with Gasteiger partial charge in [-0.05, 0) is 102 Å². The zero-order valence-corrected chi connectivity index (χ0v) is 58.6. The Balaban J connectivity index is 1.00. The quantitative estimate of drug-likeness (QED) is 0.0186.